The number of piperidine rings is 1. The Kier molecular flexibility index (Phi) is 6.31. The molecule has 0 N–H and O–H groups in total. The topological polar surface area (TPSA) is 46.1 Å². The average molecular weight is 424 g/mol. The lowest BCUT2D eigenvalue weighted by Crippen LogP contribution is -2.38. The number of nitrogens with zero attached hydrogens (tertiary/aromatic N) is 3. The first-order chi connectivity index (χ1) is 15.5. The Morgan fingerprint density at radius 3 is 2.47 bits per heavy atom. The van der Waals surface area contributed by atoms with Crippen molar-refractivity contribution in [3.63, 3.8) is 0 Å². The van der Waals surface area contributed by atoms with Crippen LogP contribution < -0.4 is 0 Å². The van der Waals surface area contributed by atoms with Crippen molar-refractivity contribution in [2.24, 2.45) is 0 Å². The van der Waals surface area contributed by atoms with Crippen LogP contribution >= 0.6 is 0 Å². The second kappa shape index (κ2) is 9.31. The van der Waals surface area contributed by atoms with Crippen molar-refractivity contribution in [3.05, 3.63) is 95.5 Å². The molecule has 4 nitrogen and oxygen atoms in total. The zero-order valence-electron chi connectivity index (χ0n) is 18.8. The number of likely N-dealkylation sites (tertiary alicyclic amines) is 1. The highest BCUT2D eigenvalue weighted by atomic mass is 16.2. The molecule has 32 heavy (non-hydrogen) atoms. The molecule has 0 saturated carbocycles. The zero-order chi connectivity index (χ0) is 22.7. The number of hydrogen-bond acceptors (Lipinski definition) is 3. The quantitative estimate of drug-likeness (QED) is 0.501. The minimum Gasteiger partial charge on any atom is -0.337 e. The van der Waals surface area contributed by atoms with Crippen LogP contribution in [0.4, 0.5) is 0 Å². The van der Waals surface area contributed by atoms with Crippen molar-refractivity contribution in [1.82, 2.24) is 14.9 Å². The third-order valence-electron chi connectivity index (χ3n) is 6.51. The van der Waals surface area contributed by atoms with Crippen LogP contribution in [0.5, 0.6) is 0 Å². The predicted molar refractivity (Wildman–Crippen MR) is 131 cm³/mol. The number of benzene rings is 1. The first kappa shape index (κ1) is 21.7. The molecule has 1 saturated heterocycles. The van der Waals surface area contributed by atoms with Crippen LogP contribution in [-0.4, -0.2) is 33.9 Å². The molecule has 1 aliphatic rings. The van der Waals surface area contributed by atoms with Gasteiger partial charge in [0.2, 0.25) is 0 Å². The summed E-state index contributed by atoms with van der Waals surface area (Å²) in [6.45, 7) is 13.3. The van der Waals surface area contributed by atoms with E-state index >= 15 is 0 Å². The SMILES string of the molecule is C=Cc1ccc(C(=O)N2CCC(c3ccc(-c4cccc(C)c4C)nc3)CC2)nc1C=C. The Balaban J connectivity index is 1.42. The lowest BCUT2D eigenvalue weighted by atomic mass is 9.90. The highest BCUT2D eigenvalue weighted by Crippen LogP contribution is 2.30. The Bertz CT molecular complexity index is 1160. The molecule has 0 spiro atoms. The second-order valence-electron chi connectivity index (χ2n) is 8.37. The molecule has 4 heteroatoms. The van der Waals surface area contributed by atoms with E-state index in [2.05, 4.69) is 62.3 Å². The van der Waals surface area contributed by atoms with Gasteiger partial charge in [-0.25, -0.2) is 4.98 Å². The van der Waals surface area contributed by atoms with E-state index < -0.39 is 0 Å². The maximum atomic E-state index is 13.0. The normalized spacial score (nSPS) is 14.2. The van der Waals surface area contributed by atoms with E-state index in [0.717, 1.165) is 37.2 Å². The maximum Gasteiger partial charge on any atom is 0.272 e. The molecule has 0 radical (unpaired) electrons. The molecule has 3 heterocycles. The molecule has 0 aliphatic carbocycles. The summed E-state index contributed by atoms with van der Waals surface area (Å²) in [7, 11) is 0. The molecule has 0 atom stereocenters. The van der Waals surface area contributed by atoms with E-state index in [1.54, 1.807) is 18.2 Å². The molecule has 0 bridgehead atoms. The third-order valence-corrected chi connectivity index (χ3v) is 6.51. The van der Waals surface area contributed by atoms with Crippen molar-refractivity contribution >= 4 is 18.1 Å². The first-order valence-corrected chi connectivity index (χ1v) is 11.1. The summed E-state index contributed by atoms with van der Waals surface area (Å²) in [5.74, 6) is 0.393. The van der Waals surface area contributed by atoms with Gasteiger partial charge in [-0.1, -0.05) is 49.6 Å². The summed E-state index contributed by atoms with van der Waals surface area (Å²) in [5, 5.41) is 0. The van der Waals surface area contributed by atoms with Gasteiger partial charge in [-0.15, -0.1) is 0 Å². The van der Waals surface area contributed by atoms with Crippen LogP contribution in [0, 0.1) is 13.8 Å². The Morgan fingerprint density at radius 1 is 1.03 bits per heavy atom. The molecule has 0 unspecified atom stereocenters. The summed E-state index contributed by atoms with van der Waals surface area (Å²) in [6.07, 6.45) is 7.24. The number of amides is 1. The number of aryl methyl sites for hydroxylation is 1. The molecular weight excluding hydrogens is 394 g/mol. The number of carbonyl (C=O) groups is 1. The number of hydrogen-bond donors (Lipinski definition) is 0. The van der Waals surface area contributed by atoms with Gasteiger partial charge in [0.15, 0.2) is 0 Å². The summed E-state index contributed by atoms with van der Waals surface area (Å²) >= 11 is 0. The maximum absolute atomic E-state index is 13.0. The highest BCUT2D eigenvalue weighted by molar-refractivity contribution is 5.93. The number of aromatic nitrogens is 2. The molecular formula is C28H29N3O. The van der Waals surface area contributed by atoms with Gasteiger partial charge in [-0.05, 0) is 73.1 Å². The Morgan fingerprint density at radius 2 is 1.81 bits per heavy atom. The fourth-order valence-electron chi connectivity index (χ4n) is 4.35. The van der Waals surface area contributed by atoms with Gasteiger partial charge in [0.25, 0.3) is 5.91 Å². The van der Waals surface area contributed by atoms with E-state index in [0.29, 0.717) is 17.3 Å². The number of carbonyl (C=O) groups excluding carboxylic acids is 1. The van der Waals surface area contributed by atoms with E-state index in [4.69, 9.17) is 4.98 Å². The Hall–Kier alpha value is -3.53. The van der Waals surface area contributed by atoms with Gasteiger partial charge in [0, 0.05) is 24.8 Å². The average Bonchev–Trinajstić information content (AvgIpc) is 2.85. The predicted octanol–water partition coefficient (Wildman–Crippen LogP) is 6.07. The van der Waals surface area contributed by atoms with Gasteiger partial charge in [0.1, 0.15) is 5.69 Å². The zero-order valence-corrected chi connectivity index (χ0v) is 18.8. The van der Waals surface area contributed by atoms with E-state index in [1.807, 2.05) is 17.2 Å². The number of pyridine rings is 2. The minimum absolute atomic E-state index is 0.0226. The molecule has 4 rings (SSSR count). The minimum atomic E-state index is -0.0226. The smallest absolute Gasteiger partial charge is 0.272 e. The standard InChI is InChI=1S/C28H29N3O/c1-5-21-10-13-27(30-25(21)6-2)28(32)31-16-14-22(15-17-31)23-11-12-26(29-18-23)24-9-7-8-19(3)20(24)4/h5-13,18,22H,1-2,14-17H2,3-4H3. The van der Waals surface area contributed by atoms with Gasteiger partial charge in [0.05, 0.1) is 11.4 Å². The third kappa shape index (κ3) is 4.26. The van der Waals surface area contributed by atoms with Crippen LogP contribution in [0.25, 0.3) is 23.4 Å². The van der Waals surface area contributed by atoms with E-state index in [-0.39, 0.29) is 5.91 Å². The van der Waals surface area contributed by atoms with Crippen molar-refractivity contribution in [2.75, 3.05) is 13.1 Å². The molecule has 1 aromatic carbocycles. The van der Waals surface area contributed by atoms with Gasteiger partial charge >= 0.3 is 0 Å². The van der Waals surface area contributed by atoms with Gasteiger partial charge in [-0.3, -0.25) is 9.78 Å². The second-order valence-corrected chi connectivity index (χ2v) is 8.37. The number of rotatable bonds is 5. The van der Waals surface area contributed by atoms with Crippen molar-refractivity contribution in [3.8, 4) is 11.3 Å². The summed E-state index contributed by atoms with van der Waals surface area (Å²) in [4.78, 5) is 24.1. The molecule has 1 aliphatic heterocycles. The molecule has 162 valence electrons. The molecule has 3 aromatic rings. The van der Waals surface area contributed by atoms with Crippen LogP contribution in [0.15, 0.2) is 61.8 Å². The van der Waals surface area contributed by atoms with Crippen LogP contribution in [-0.2, 0) is 0 Å². The lowest BCUT2D eigenvalue weighted by molar-refractivity contribution is 0.0707. The fraction of sp³-hybridized carbons (Fsp3) is 0.250. The van der Waals surface area contributed by atoms with E-state index in [9.17, 15) is 4.79 Å². The Labute approximate surface area is 190 Å². The highest BCUT2D eigenvalue weighted by Gasteiger charge is 2.25. The van der Waals surface area contributed by atoms with Gasteiger partial charge in [-0.2, -0.15) is 0 Å². The lowest BCUT2D eigenvalue weighted by Gasteiger charge is -2.32. The summed E-state index contributed by atoms with van der Waals surface area (Å²) in [5.41, 5.74) is 8.02. The summed E-state index contributed by atoms with van der Waals surface area (Å²) in [6, 6.07) is 14.3. The van der Waals surface area contributed by atoms with Gasteiger partial charge < -0.3 is 4.90 Å². The van der Waals surface area contributed by atoms with E-state index in [1.165, 1.54) is 22.3 Å². The molecule has 1 fully saturated rings. The van der Waals surface area contributed by atoms with Crippen LogP contribution in [0.1, 0.15) is 57.2 Å². The van der Waals surface area contributed by atoms with Crippen molar-refractivity contribution < 1.29 is 4.79 Å². The van der Waals surface area contributed by atoms with Crippen molar-refractivity contribution in [1.29, 1.82) is 0 Å². The first-order valence-electron chi connectivity index (χ1n) is 11.1. The fourth-order valence-corrected chi connectivity index (χ4v) is 4.35. The largest absolute Gasteiger partial charge is 0.337 e. The monoisotopic (exact) mass is 423 g/mol. The van der Waals surface area contributed by atoms with Crippen molar-refractivity contribution in [2.45, 2.75) is 32.6 Å². The summed E-state index contributed by atoms with van der Waals surface area (Å²) < 4.78 is 0. The van der Waals surface area contributed by atoms with Crippen LogP contribution in [0.2, 0.25) is 0 Å². The molecule has 1 amide bonds. The van der Waals surface area contributed by atoms with Crippen LogP contribution in [0.3, 0.4) is 0 Å². The molecule has 2 aromatic heterocycles.